The van der Waals surface area contributed by atoms with Gasteiger partial charge in [-0.05, 0) is 0 Å². The minimum Gasteiger partial charge on any atom is -0.304 e. The largest absolute Gasteiger partial charge is 0.304 e. The van der Waals surface area contributed by atoms with Gasteiger partial charge in [-0.3, -0.25) is 4.98 Å². The summed E-state index contributed by atoms with van der Waals surface area (Å²) in [5.41, 5.74) is 1.71. The Morgan fingerprint density at radius 2 is 2.45 bits per heavy atom. The lowest BCUT2D eigenvalue weighted by atomic mass is 10.6. The van der Waals surface area contributed by atoms with Crippen LogP contribution in [0.1, 0.15) is 5.69 Å². The smallest absolute Gasteiger partial charge is 0.155 e. The van der Waals surface area contributed by atoms with Gasteiger partial charge in [-0.1, -0.05) is 0 Å². The van der Waals surface area contributed by atoms with Crippen LogP contribution >= 0.6 is 11.6 Å². The van der Waals surface area contributed by atoms with E-state index < -0.39 is 0 Å². The molecule has 56 valence electrons. The number of rotatable bonds is 1. The summed E-state index contributed by atoms with van der Waals surface area (Å²) in [6, 6.07) is 0. The molecule has 0 saturated heterocycles. The third kappa shape index (κ3) is 1.07. The molecule has 2 rings (SSSR count). The molecule has 2 aromatic rings. The van der Waals surface area contributed by atoms with Crippen LogP contribution < -0.4 is 0 Å². The summed E-state index contributed by atoms with van der Waals surface area (Å²) in [5.74, 6) is 0.446. The maximum Gasteiger partial charge on any atom is 0.155 e. The summed E-state index contributed by atoms with van der Waals surface area (Å²) in [7, 11) is 0. The van der Waals surface area contributed by atoms with Gasteiger partial charge in [-0.15, -0.1) is 11.6 Å². The van der Waals surface area contributed by atoms with Gasteiger partial charge in [-0.25, -0.2) is 4.98 Å². The van der Waals surface area contributed by atoms with E-state index >= 15 is 0 Å². The Bertz CT molecular complexity index is 335. The zero-order valence-corrected chi connectivity index (χ0v) is 6.49. The van der Waals surface area contributed by atoms with Crippen LogP contribution in [0.25, 0.3) is 5.65 Å². The average molecular weight is 168 g/mol. The molecule has 0 aliphatic heterocycles. The molecule has 0 radical (unpaired) electrons. The molecule has 0 aliphatic carbocycles. The van der Waals surface area contributed by atoms with E-state index in [1.54, 1.807) is 12.4 Å². The molecule has 0 fully saturated rings. The number of halogens is 1. The third-order valence-electron chi connectivity index (χ3n) is 1.45. The van der Waals surface area contributed by atoms with E-state index in [2.05, 4.69) is 9.97 Å². The summed E-state index contributed by atoms with van der Waals surface area (Å²) >= 11 is 5.60. The first-order valence-electron chi connectivity index (χ1n) is 3.24. The van der Waals surface area contributed by atoms with E-state index in [0.29, 0.717) is 5.88 Å². The van der Waals surface area contributed by atoms with E-state index in [1.807, 2.05) is 16.8 Å². The molecule has 0 unspecified atom stereocenters. The number of hydrogen-bond donors (Lipinski definition) is 0. The Balaban J connectivity index is 2.69. The fourth-order valence-corrected chi connectivity index (χ4v) is 1.09. The second kappa shape index (κ2) is 2.51. The van der Waals surface area contributed by atoms with Gasteiger partial charge in [0.15, 0.2) is 5.65 Å². The highest BCUT2D eigenvalue weighted by Crippen LogP contribution is 2.04. The standard InChI is InChI=1S/C7H6ClN3/c8-3-6-5-11-2-1-9-4-7(11)10-6/h1-2,4-5H,3H2. The van der Waals surface area contributed by atoms with Gasteiger partial charge in [0.2, 0.25) is 0 Å². The van der Waals surface area contributed by atoms with Crippen LogP contribution in [-0.4, -0.2) is 14.4 Å². The number of fused-ring (bicyclic) bond motifs is 1. The van der Waals surface area contributed by atoms with E-state index in [-0.39, 0.29) is 0 Å². The highest BCUT2D eigenvalue weighted by molar-refractivity contribution is 6.16. The van der Waals surface area contributed by atoms with Gasteiger partial charge in [0.25, 0.3) is 0 Å². The first kappa shape index (κ1) is 6.61. The maximum absolute atomic E-state index is 5.60. The van der Waals surface area contributed by atoms with E-state index in [0.717, 1.165) is 11.3 Å². The first-order chi connectivity index (χ1) is 5.40. The molecule has 3 nitrogen and oxygen atoms in total. The van der Waals surface area contributed by atoms with Crippen molar-refractivity contribution in [2.24, 2.45) is 0 Å². The van der Waals surface area contributed by atoms with Crippen LogP contribution in [0.5, 0.6) is 0 Å². The van der Waals surface area contributed by atoms with Crippen molar-refractivity contribution < 1.29 is 0 Å². The molecular weight excluding hydrogens is 162 g/mol. The molecule has 0 spiro atoms. The first-order valence-corrected chi connectivity index (χ1v) is 3.77. The number of nitrogens with zero attached hydrogens (tertiary/aromatic N) is 3. The number of aromatic nitrogens is 3. The van der Waals surface area contributed by atoms with Gasteiger partial charge in [0.05, 0.1) is 17.8 Å². The Morgan fingerprint density at radius 3 is 3.18 bits per heavy atom. The molecule has 11 heavy (non-hydrogen) atoms. The normalized spacial score (nSPS) is 10.6. The van der Waals surface area contributed by atoms with Crippen LogP contribution in [0.3, 0.4) is 0 Å². The molecule has 0 aliphatic rings. The number of imidazole rings is 1. The zero-order valence-electron chi connectivity index (χ0n) is 5.74. The Morgan fingerprint density at radius 1 is 1.55 bits per heavy atom. The molecule has 0 atom stereocenters. The SMILES string of the molecule is ClCc1cn2ccncc2n1. The lowest BCUT2D eigenvalue weighted by Crippen LogP contribution is -1.81. The Hall–Kier alpha value is -1.09. The predicted molar refractivity (Wildman–Crippen MR) is 42.5 cm³/mol. The van der Waals surface area contributed by atoms with Crippen LogP contribution in [0.2, 0.25) is 0 Å². The van der Waals surface area contributed by atoms with Gasteiger partial charge in [0, 0.05) is 18.6 Å². The summed E-state index contributed by atoms with van der Waals surface area (Å²) in [6.07, 6.45) is 7.16. The average Bonchev–Trinajstić information content (AvgIpc) is 2.46. The van der Waals surface area contributed by atoms with Crippen molar-refractivity contribution in [2.75, 3.05) is 0 Å². The summed E-state index contributed by atoms with van der Waals surface area (Å²) < 4.78 is 1.89. The maximum atomic E-state index is 5.60. The van der Waals surface area contributed by atoms with Crippen molar-refractivity contribution in [2.45, 2.75) is 5.88 Å². The molecule has 0 N–H and O–H groups in total. The van der Waals surface area contributed by atoms with Crippen molar-refractivity contribution >= 4 is 17.2 Å². The lowest BCUT2D eigenvalue weighted by molar-refractivity contribution is 1.13. The fourth-order valence-electron chi connectivity index (χ4n) is 0.960. The van der Waals surface area contributed by atoms with Crippen molar-refractivity contribution in [1.82, 2.24) is 14.4 Å². The van der Waals surface area contributed by atoms with Crippen LogP contribution in [0.4, 0.5) is 0 Å². The van der Waals surface area contributed by atoms with Crippen LogP contribution in [-0.2, 0) is 5.88 Å². The molecule has 4 heteroatoms. The molecular formula is C7H6ClN3. The topological polar surface area (TPSA) is 30.2 Å². The van der Waals surface area contributed by atoms with E-state index in [4.69, 9.17) is 11.6 Å². The van der Waals surface area contributed by atoms with Crippen molar-refractivity contribution in [3.05, 3.63) is 30.5 Å². The summed E-state index contributed by atoms with van der Waals surface area (Å²) in [5, 5.41) is 0. The monoisotopic (exact) mass is 167 g/mol. The number of hydrogen-bond acceptors (Lipinski definition) is 2. The highest BCUT2D eigenvalue weighted by Gasteiger charge is 1.97. The summed E-state index contributed by atoms with van der Waals surface area (Å²) in [4.78, 5) is 8.13. The van der Waals surface area contributed by atoms with E-state index in [1.165, 1.54) is 0 Å². The zero-order chi connectivity index (χ0) is 7.68. The molecule has 2 aromatic heterocycles. The third-order valence-corrected chi connectivity index (χ3v) is 1.72. The molecule has 0 aromatic carbocycles. The molecule has 0 saturated carbocycles. The van der Waals surface area contributed by atoms with Crippen molar-refractivity contribution in [1.29, 1.82) is 0 Å². The van der Waals surface area contributed by atoms with Crippen LogP contribution in [0.15, 0.2) is 24.8 Å². The molecule has 0 amide bonds. The Kier molecular flexibility index (Phi) is 1.51. The second-order valence-corrected chi connectivity index (χ2v) is 2.47. The lowest BCUT2D eigenvalue weighted by Gasteiger charge is -1.86. The van der Waals surface area contributed by atoms with Gasteiger partial charge >= 0.3 is 0 Å². The Labute approximate surface area is 68.7 Å². The minimum absolute atomic E-state index is 0.446. The van der Waals surface area contributed by atoms with Gasteiger partial charge < -0.3 is 4.40 Å². The highest BCUT2D eigenvalue weighted by atomic mass is 35.5. The van der Waals surface area contributed by atoms with E-state index in [9.17, 15) is 0 Å². The molecule has 2 heterocycles. The minimum atomic E-state index is 0.446. The van der Waals surface area contributed by atoms with Gasteiger partial charge in [-0.2, -0.15) is 0 Å². The number of alkyl halides is 1. The van der Waals surface area contributed by atoms with Crippen molar-refractivity contribution in [3.63, 3.8) is 0 Å². The molecule has 0 bridgehead atoms. The van der Waals surface area contributed by atoms with Crippen molar-refractivity contribution in [3.8, 4) is 0 Å². The quantitative estimate of drug-likeness (QED) is 0.602. The fraction of sp³-hybridized carbons (Fsp3) is 0.143. The predicted octanol–water partition coefficient (Wildman–Crippen LogP) is 1.47. The van der Waals surface area contributed by atoms with Gasteiger partial charge in [0.1, 0.15) is 0 Å². The summed E-state index contributed by atoms with van der Waals surface area (Å²) in [6.45, 7) is 0. The van der Waals surface area contributed by atoms with Crippen LogP contribution in [0, 0.1) is 0 Å². The second-order valence-electron chi connectivity index (χ2n) is 2.21.